The molecule has 2 aromatic heterocycles. The molecule has 0 aromatic carbocycles. The summed E-state index contributed by atoms with van der Waals surface area (Å²) >= 11 is 0. The Morgan fingerprint density at radius 1 is 1.38 bits per heavy atom. The van der Waals surface area contributed by atoms with E-state index in [1.807, 2.05) is 12.1 Å². The first-order chi connectivity index (χ1) is 11.8. The van der Waals surface area contributed by atoms with Gasteiger partial charge in [-0.2, -0.15) is 0 Å². The van der Waals surface area contributed by atoms with Crippen LogP contribution in [0.25, 0.3) is 0 Å². The van der Waals surface area contributed by atoms with Gasteiger partial charge in [0.05, 0.1) is 19.4 Å². The van der Waals surface area contributed by atoms with Crippen molar-refractivity contribution >= 4 is 0 Å². The average Bonchev–Trinajstić information content (AvgIpc) is 3.26. The van der Waals surface area contributed by atoms with E-state index in [2.05, 4.69) is 25.0 Å². The van der Waals surface area contributed by atoms with Gasteiger partial charge in [-0.05, 0) is 31.4 Å². The summed E-state index contributed by atoms with van der Waals surface area (Å²) in [6.07, 6.45) is 6.83. The molecule has 0 atom stereocenters. The molecular formula is C17H27N5O2. The minimum absolute atomic E-state index is 0.543. The summed E-state index contributed by atoms with van der Waals surface area (Å²) in [6.45, 7) is 5.54. The van der Waals surface area contributed by atoms with E-state index in [0.717, 1.165) is 70.2 Å². The lowest BCUT2D eigenvalue weighted by atomic mass is 10.0. The highest BCUT2D eigenvalue weighted by atomic mass is 16.5. The Kier molecular flexibility index (Phi) is 6.40. The summed E-state index contributed by atoms with van der Waals surface area (Å²) in [7, 11) is 1.73. The van der Waals surface area contributed by atoms with Crippen LogP contribution in [-0.2, 0) is 24.4 Å². The lowest BCUT2D eigenvalue weighted by molar-refractivity contribution is 0.177. The highest BCUT2D eigenvalue weighted by Crippen LogP contribution is 2.14. The summed E-state index contributed by atoms with van der Waals surface area (Å²) in [5, 5.41) is 11.9. The number of hydrogen-bond donors (Lipinski definition) is 1. The molecule has 1 aliphatic rings. The molecule has 0 spiro atoms. The van der Waals surface area contributed by atoms with E-state index < -0.39 is 0 Å². The van der Waals surface area contributed by atoms with Gasteiger partial charge in [-0.3, -0.25) is 4.90 Å². The summed E-state index contributed by atoms with van der Waals surface area (Å²) in [5.74, 6) is 2.05. The minimum Gasteiger partial charge on any atom is -0.468 e. The van der Waals surface area contributed by atoms with Crippen molar-refractivity contribution in [3.05, 3.63) is 36.3 Å². The van der Waals surface area contributed by atoms with E-state index >= 15 is 0 Å². The molecule has 1 fully saturated rings. The monoisotopic (exact) mass is 333 g/mol. The van der Waals surface area contributed by atoms with Crippen molar-refractivity contribution in [2.45, 2.75) is 44.9 Å². The van der Waals surface area contributed by atoms with Crippen molar-refractivity contribution in [2.75, 3.05) is 26.8 Å². The maximum absolute atomic E-state index is 5.43. The van der Waals surface area contributed by atoms with Gasteiger partial charge in [0.1, 0.15) is 17.9 Å². The minimum atomic E-state index is 0.543. The molecule has 0 aliphatic carbocycles. The van der Waals surface area contributed by atoms with Crippen LogP contribution < -0.4 is 5.32 Å². The number of hydrogen-bond acceptors (Lipinski definition) is 6. The summed E-state index contributed by atoms with van der Waals surface area (Å²) < 4.78 is 12.6. The molecule has 2 aromatic rings. The number of piperidine rings is 1. The Labute approximate surface area is 143 Å². The SMILES string of the molecule is COCCCn1cnnc1CNC1CCN(Cc2ccco2)CC1. The molecule has 0 saturated carbocycles. The fraction of sp³-hybridized carbons (Fsp3) is 0.647. The number of nitrogens with zero attached hydrogens (tertiary/aromatic N) is 4. The Balaban J connectivity index is 1.38. The molecule has 7 heteroatoms. The molecule has 3 heterocycles. The number of aromatic nitrogens is 3. The topological polar surface area (TPSA) is 68.3 Å². The highest BCUT2D eigenvalue weighted by molar-refractivity contribution is 4.98. The summed E-state index contributed by atoms with van der Waals surface area (Å²) in [5.41, 5.74) is 0. The zero-order valence-corrected chi connectivity index (χ0v) is 14.4. The van der Waals surface area contributed by atoms with Crippen molar-refractivity contribution in [3.8, 4) is 0 Å². The standard InChI is InChI=1S/C17H27N5O2/c1-23-10-3-7-22-14-19-20-17(22)12-18-15-5-8-21(9-6-15)13-16-4-2-11-24-16/h2,4,11,14-15,18H,3,5-10,12-13H2,1H3. The smallest absolute Gasteiger partial charge is 0.146 e. The second-order valence-electron chi connectivity index (χ2n) is 6.30. The molecule has 0 bridgehead atoms. The molecule has 1 N–H and O–H groups in total. The highest BCUT2D eigenvalue weighted by Gasteiger charge is 2.20. The second-order valence-corrected chi connectivity index (χ2v) is 6.30. The van der Waals surface area contributed by atoms with Gasteiger partial charge in [0.25, 0.3) is 0 Å². The predicted molar refractivity (Wildman–Crippen MR) is 90.4 cm³/mol. The third-order valence-electron chi connectivity index (χ3n) is 4.54. The normalized spacial score (nSPS) is 16.7. The van der Waals surface area contributed by atoms with E-state index in [4.69, 9.17) is 9.15 Å². The fourth-order valence-electron chi connectivity index (χ4n) is 3.14. The van der Waals surface area contributed by atoms with Crippen LogP contribution in [0.15, 0.2) is 29.1 Å². The van der Waals surface area contributed by atoms with E-state index in [-0.39, 0.29) is 0 Å². The van der Waals surface area contributed by atoms with E-state index in [0.29, 0.717) is 6.04 Å². The molecule has 132 valence electrons. The van der Waals surface area contributed by atoms with Crippen LogP contribution in [0.1, 0.15) is 30.8 Å². The summed E-state index contributed by atoms with van der Waals surface area (Å²) in [6, 6.07) is 4.54. The van der Waals surface area contributed by atoms with Gasteiger partial charge in [-0.1, -0.05) is 0 Å². The fourth-order valence-corrected chi connectivity index (χ4v) is 3.14. The molecule has 3 rings (SSSR count). The van der Waals surface area contributed by atoms with E-state index in [1.54, 1.807) is 19.7 Å². The van der Waals surface area contributed by atoms with Crippen molar-refractivity contribution in [2.24, 2.45) is 0 Å². The van der Waals surface area contributed by atoms with Crippen molar-refractivity contribution in [1.29, 1.82) is 0 Å². The van der Waals surface area contributed by atoms with Gasteiger partial charge in [0, 0.05) is 39.4 Å². The largest absolute Gasteiger partial charge is 0.468 e. The summed E-state index contributed by atoms with van der Waals surface area (Å²) in [4.78, 5) is 2.45. The molecule has 1 aliphatic heterocycles. The second kappa shape index (κ2) is 8.96. The molecule has 24 heavy (non-hydrogen) atoms. The first kappa shape index (κ1) is 17.1. The van der Waals surface area contributed by atoms with Crippen molar-refractivity contribution < 1.29 is 9.15 Å². The number of nitrogens with one attached hydrogen (secondary N) is 1. The van der Waals surface area contributed by atoms with Crippen LogP contribution >= 0.6 is 0 Å². The van der Waals surface area contributed by atoms with Crippen molar-refractivity contribution in [1.82, 2.24) is 25.0 Å². The number of aryl methyl sites for hydroxylation is 1. The number of furan rings is 1. The lowest BCUT2D eigenvalue weighted by Gasteiger charge is -2.31. The van der Waals surface area contributed by atoms with Crippen LogP contribution in [0.4, 0.5) is 0 Å². The van der Waals surface area contributed by atoms with Crippen LogP contribution in [0.5, 0.6) is 0 Å². The van der Waals surface area contributed by atoms with Crippen LogP contribution in [0.2, 0.25) is 0 Å². The average molecular weight is 333 g/mol. The number of rotatable bonds is 9. The van der Waals surface area contributed by atoms with E-state index in [9.17, 15) is 0 Å². The third kappa shape index (κ3) is 4.90. The molecule has 0 unspecified atom stereocenters. The van der Waals surface area contributed by atoms with Gasteiger partial charge in [-0.25, -0.2) is 0 Å². The number of methoxy groups -OCH3 is 1. The molecule has 1 saturated heterocycles. The zero-order valence-electron chi connectivity index (χ0n) is 14.4. The predicted octanol–water partition coefficient (Wildman–Crippen LogP) is 1.66. The van der Waals surface area contributed by atoms with Crippen LogP contribution in [-0.4, -0.2) is 52.5 Å². The van der Waals surface area contributed by atoms with Crippen molar-refractivity contribution in [3.63, 3.8) is 0 Å². The Morgan fingerprint density at radius 2 is 2.25 bits per heavy atom. The third-order valence-corrected chi connectivity index (χ3v) is 4.54. The van der Waals surface area contributed by atoms with Gasteiger partial charge >= 0.3 is 0 Å². The van der Waals surface area contributed by atoms with Gasteiger partial charge in [0.2, 0.25) is 0 Å². The first-order valence-corrected chi connectivity index (χ1v) is 8.69. The Morgan fingerprint density at radius 3 is 3.00 bits per heavy atom. The molecule has 0 radical (unpaired) electrons. The van der Waals surface area contributed by atoms with Gasteiger partial charge in [-0.15, -0.1) is 10.2 Å². The Bertz CT molecular complexity index is 576. The van der Waals surface area contributed by atoms with Crippen LogP contribution in [0.3, 0.4) is 0 Å². The maximum atomic E-state index is 5.43. The molecular weight excluding hydrogens is 306 g/mol. The first-order valence-electron chi connectivity index (χ1n) is 8.69. The quantitative estimate of drug-likeness (QED) is 0.704. The van der Waals surface area contributed by atoms with Gasteiger partial charge in [0.15, 0.2) is 0 Å². The van der Waals surface area contributed by atoms with Gasteiger partial charge < -0.3 is 19.0 Å². The zero-order chi connectivity index (χ0) is 16.6. The maximum Gasteiger partial charge on any atom is 0.146 e. The van der Waals surface area contributed by atoms with Crippen LogP contribution in [0, 0.1) is 0 Å². The lowest BCUT2D eigenvalue weighted by Crippen LogP contribution is -2.42. The molecule has 0 amide bonds. The number of likely N-dealkylation sites (tertiary alicyclic amines) is 1. The Hall–Kier alpha value is -1.70. The number of ether oxygens (including phenoxy) is 1. The molecule has 7 nitrogen and oxygen atoms in total. The van der Waals surface area contributed by atoms with E-state index in [1.165, 1.54) is 0 Å².